The lowest BCUT2D eigenvalue weighted by atomic mass is 9.96. The third-order valence-corrected chi connectivity index (χ3v) is 4.66. The Morgan fingerprint density at radius 2 is 1.92 bits per heavy atom. The highest BCUT2D eigenvalue weighted by molar-refractivity contribution is 6.30. The maximum atomic E-state index is 6.00. The number of nitrogens with one attached hydrogen (secondary N) is 2. The van der Waals surface area contributed by atoms with E-state index >= 15 is 0 Å². The first-order valence-electron chi connectivity index (χ1n) is 9.06. The Bertz CT molecular complexity index is 512. The molecule has 0 aromatic heterocycles. The molecule has 5 heteroatoms. The molecule has 2 N–H and O–H groups in total. The predicted molar refractivity (Wildman–Crippen MR) is 102 cm³/mol. The first-order chi connectivity index (χ1) is 11.7. The van der Waals surface area contributed by atoms with E-state index in [1.165, 1.54) is 18.4 Å². The van der Waals surface area contributed by atoms with Gasteiger partial charge in [-0.05, 0) is 57.2 Å². The lowest BCUT2D eigenvalue weighted by Crippen LogP contribution is -2.38. The van der Waals surface area contributed by atoms with E-state index < -0.39 is 0 Å². The van der Waals surface area contributed by atoms with Crippen LogP contribution in [0.25, 0.3) is 0 Å². The van der Waals surface area contributed by atoms with Gasteiger partial charge in [-0.2, -0.15) is 0 Å². The van der Waals surface area contributed by atoms with Crippen LogP contribution in [0.2, 0.25) is 5.02 Å². The van der Waals surface area contributed by atoms with E-state index in [-0.39, 0.29) is 5.41 Å². The molecule has 0 radical (unpaired) electrons. The maximum absolute atomic E-state index is 6.00. The third kappa shape index (κ3) is 5.99. The van der Waals surface area contributed by atoms with Gasteiger partial charge in [0.05, 0.1) is 6.54 Å². The van der Waals surface area contributed by atoms with E-state index in [1.54, 1.807) is 0 Å². The third-order valence-electron chi connectivity index (χ3n) is 4.41. The molecule has 2 rings (SSSR count). The van der Waals surface area contributed by atoms with Gasteiger partial charge in [0, 0.05) is 36.7 Å². The number of guanidine groups is 1. The number of benzene rings is 1. The lowest BCUT2D eigenvalue weighted by molar-refractivity contribution is 0.143. The molecule has 134 valence electrons. The summed E-state index contributed by atoms with van der Waals surface area (Å²) in [5, 5.41) is 7.54. The van der Waals surface area contributed by atoms with Crippen molar-refractivity contribution >= 4 is 17.6 Å². The van der Waals surface area contributed by atoms with Crippen LogP contribution in [0.1, 0.15) is 45.1 Å². The van der Waals surface area contributed by atoms with Gasteiger partial charge in [-0.3, -0.25) is 4.99 Å². The molecule has 4 nitrogen and oxygen atoms in total. The molecule has 0 amide bonds. The van der Waals surface area contributed by atoms with Crippen molar-refractivity contribution in [3.63, 3.8) is 0 Å². The highest BCUT2D eigenvalue weighted by Gasteiger charge is 2.44. The van der Waals surface area contributed by atoms with Crippen LogP contribution >= 0.6 is 11.6 Å². The van der Waals surface area contributed by atoms with Crippen LogP contribution < -0.4 is 10.6 Å². The van der Waals surface area contributed by atoms with Crippen molar-refractivity contribution in [1.82, 2.24) is 10.6 Å². The number of hydrogen-bond acceptors (Lipinski definition) is 2. The Labute approximate surface area is 151 Å². The SMILES string of the molecule is CCNC(=NCC1(c2ccc(Cl)cc2)CC1)NCCCCOCC. The van der Waals surface area contributed by atoms with Crippen molar-refractivity contribution in [3.05, 3.63) is 34.9 Å². The quantitative estimate of drug-likeness (QED) is 0.383. The molecule has 0 atom stereocenters. The summed E-state index contributed by atoms with van der Waals surface area (Å²) in [5.74, 6) is 0.911. The zero-order valence-electron chi connectivity index (χ0n) is 14.9. The summed E-state index contributed by atoms with van der Waals surface area (Å²) in [6.07, 6.45) is 4.57. The Morgan fingerprint density at radius 1 is 1.17 bits per heavy atom. The largest absolute Gasteiger partial charge is 0.382 e. The number of halogens is 1. The van der Waals surface area contributed by atoms with Gasteiger partial charge in [-0.25, -0.2) is 0 Å². The average molecular weight is 352 g/mol. The molecule has 1 aliphatic carbocycles. The number of unbranched alkanes of at least 4 members (excludes halogenated alkanes) is 1. The van der Waals surface area contributed by atoms with Crippen LogP contribution in [0.3, 0.4) is 0 Å². The van der Waals surface area contributed by atoms with Gasteiger partial charge in [-0.15, -0.1) is 0 Å². The van der Waals surface area contributed by atoms with E-state index in [9.17, 15) is 0 Å². The van der Waals surface area contributed by atoms with Crippen LogP contribution in [0.15, 0.2) is 29.3 Å². The van der Waals surface area contributed by atoms with Gasteiger partial charge in [0.25, 0.3) is 0 Å². The summed E-state index contributed by atoms with van der Waals surface area (Å²) in [4.78, 5) is 4.81. The van der Waals surface area contributed by atoms with Gasteiger partial charge in [0.2, 0.25) is 0 Å². The highest BCUT2D eigenvalue weighted by Crippen LogP contribution is 2.48. The normalized spacial score (nSPS) is 16.0. The van der Waals surface area contributed by atoms with E-state index in [0.29, 0.717) is 0 Å². The molecular formula is C19H30ClN3O. The van der Waals surface area contributed by atoms with Crippen molar-refractivity contribution in [2.45, 2.75) is 44.9 Å². The van der Waals surface area contributed by atoms with Crippen molar-refractivity contribution in [2.75, 3.05) is 32.8 Å². The van der Waals surface area contributed by atoms with Crippen LogP contribution in [0.5, 0.6) is 0 Å². The molecule has 0 aliphatic heterocycles. The maximum Gasteiger partial charge on any atom is 0.191 e. The van der Waals surface area contributed by atoms with Crippen LogP contribution in [0, 0.1) is 0 Å². The summed E-state index contributed by atoms with van der Waals surface area (Å²) in [7, 11) is 0. The summed E-state index contributed by atoms with van der Waals surface area (Å²) < 4.78 is 5.36. The van der Waals surface area contributed by atoms with Crippen LogP contribution in [0.4, 0.5) is 0 Å². The molecular weight excluding hydrogens is 322 g/mol. The fourth-order valence-electron chi connectivity index (χ4n) is 2.74. The van der Waals surface area contributed by atoms with Crippen molar-refractivity contribution < 1.29 is 4.74 Å². The second-order valence-corrected chi connectivity index (χ2v) is 6.75. The fourth-order valence-corrected chi connectivity index (χ4v) is 2.87. The molecule has 1 aromatic rings. The minimum Gasteiger partial charge on any atom is -0.382 e. The van der Waals surface area contributed by atoms with Gasteiger partial charge in [0.1, 0.15) is 0 Å². The van der Waals surface area contributed by atoms with E-state index in [1.807, 2.05) is 19.1 Å². The van der Waals surface area contributed by atoms with Crippen molar-refractivity contribution in [2.24, 2.45) is 4.99 Å². The second-order valence-electron chi connectivity index (χ2n) is 6.31. The van der Waals surface area contributed by atoms with Gasteiger partial charge < -0.3 is 15.4 Å². The molecule has 0 saturated heterocycles. The number of hydrogen-bond donors (Lipinski definition) is 2. The zero-order chi connectivity index (χ0) is 17.3. The summed E-state index contributed by atoms with van der Waals surface area (Å²) in [6.45, 7) is 8.38. The van der Waals surface area contributed by atoms with Gasteiger partial charge >= 0.3 is 0 Å². The molecule has 1 fully saturated rings. The van der Waals surface area contributed by atoms with Crippen LogP contribution in [-0.2, 0) is 10.2 Å². The van der Waals surface area contributed by atoms with Crippen molar-refractivity contribution in [1.29, 1.82) is 0 Å². The van der Waals surface area contributed by atoms with Crippen molar-refractivity contribution in [3.8, 4) is 0 Å². The molecule has 1 aliphatic rings. The fraction of sp³-hybridized carbons (Fsp3) is 0.632. The lowest BCUT2D eigenvalue weighted by Gasteiger charge is -2.16. The Balaban J connectivity index is 1.83. The minimum absolute atomic E-state index is 0.210. The molecule has 0 bridgehead atoms. The molecule has 24 heavy (non-hydrogen) atoms. The predicted octanol–water partition coefficient (Wildman–Crippen LogP) is 3.74. The van der Waals surface area contributed by atoms with E-state index in [2.05, 4.69) is 29.7 Å². The Kier molecular flexibility index (Phi) is 7.86. The topological polar surface area (TPSA) is 45.7 Å². The molecule has 0 heterocycles. The molecule has 1 saturated carbocycles. The number of nitrogens with zero attached hydrogens (tertiary/aromatic N) is 1. The monoisotopic (exact) mass is 351 g/mol. The molecule has 1 aromatic carbocycles. The summed E-state index contributed by atoms with van der Waals surface area (Å²) >= 11 is 6.00. The Morgan fingerprint density at radius 3 is 2.54 bits per heavy atom. The van der Waals surface area contributed by atoms with E-state index in [4.69, 9.17) is 21.3 Å². The number of ether oxygens (including phenoxy) is 1. The number of aliphatic imine (C=N–C) groups is 1. The molecule has 0 unspecified atom stereocenters. The highest BCUT2D eigenvalue weighted by atomic mass is 35.5. The standard InChI is InChI=1S/C19H30ClN3O/c1-3-21-18(22-13-5-6-14-24-4-2)23-15-19(11-12-19)16-7-9-17(20)10-8-16/h7-10H,3-6,11-15H2,1-2H3,(H2,21,22,23). The first kappa shape index (κ1) is 19.1. The summed E-state index contributed by atoms with van der Waals surface area (Å²) in [5.41, 5.74) is 1.56. The molecule has 0 spiro atoms. The summed E-state index contributed by atoms with van der Waals surface area (Å²) in [6, 6.07) is 8.23. The van der Waals surface area contributed by atoms with E-state index in [0.717, 1.165) is 56.7 Å². The smallest absolute Gasteiger partial charge is 0.191 e. The average Bonchev–Trinajstić information content (AvgIpc) is 3.37. The first-order valence-corrected chi connectivity index (χ1v) is 9.44. The number of rotatable bonds is 10. The van der Waals surface area contributed by atoms with Gasteiger partial charge in [0.15, 0.2) is 5.96 Å². The Hall–Kier alpha value is -1.26. The minimum atomic E-state index is 0.210. The zero-order valence-corrected chi connectivity index (χ0v) is 15.7. The second kappa shape index (κ2) is 9.90. The van der Waals surface area contributed by atoms with Gasteiger partial charge in [-0.1, -0.05) is 23.7 Å². The van der Waals surface area contributed by atoms with Crippen LogP contribution in [-0.4, -0.2) is 38.8 Å².